The van der Waals surface area contributed by atoms with Gasteiger partial charge in [0.15, 0.2) is 23.1 Å². The van der Waals surface area contributed by atoms with Gasteiger partial charge in [-0.3, -0.25) is 28.8 Å². The standard InChI is InChI=1S/C34H39FN2O6S.C30H31FN2O5.C14H17NO5.C12H13NO4.C11H11NO4.C9H10INO3/c1-32(2,3)44(41)37-33(4)19-43-31-26(33)18-29(36-30(31)20-7-10-23(35)11-8-20)34(5,40)14-13-27(39)22-15-21-9-12-24(38)17-25(21)28(16-22)42-6;1-29(32)16-38-28-23(29)15-26(33-27(28)17-4-7-20(31)8-5-17)30(2,36)11-10-24(35)19-12-18-6-9-21(34)14-22(18)25(13-19)37-3;1-4-20-12(16)6-5-9-7-10(14(17)19-3)8-11(18-2)13(9)15;1-16-9-6-8(12(15)17-2)5-7-3-4-10(14)13-11(7)9;1-16-8-5-7(11(14)15)4-6-2-3-9(13)12-10(6)8;1-13-7-4-5(9(12)14-2)3-6(10)8(7)11/h7-8,10-11,15-16,18,37,40H,9,12-14,17,19H2,1-6H3;4-5,7-8,12-13,15,36H,6,9-11,14,16,32H2,1-3H3;5-8H,4,15H2,1-3H3;5-6H,3-4H2,1-2H3,(H,13,14);4-5H,2-3H2,1H3,(H,12,13)(H,14,15);3-4H,11H2,1-2H3/b;;6-5+;;;. The fraction of sp³-hybridized carbons (Fsp3) is 0.355. The maximum absolute atomic E-state index is 13.8. The minimum absolute atomic E-state index is 0.0264. The summed E-state index contributed by atoms with van der Waals surface area (Å²) in [6, 6.07) is 34.7. The summed E-state index contributed by atoms with van der Waals surface area (Å²) in [6.07, 6.45) is 7.52. The quantitative estimate of drug-likeness (QED) is 0.00576. The van der Waals surface area contributed by atoms with Gasteiger partial charge in [0.1, 0.15) is 93.5 Å². The number of rotatable bonds is 27. The number of nitrogens with zero attached hydrogens (tertiary/aromatic N) is 2. The smallest absolute Gasteiger partial charge is 0.338 e. The molecule has 2 aliphatic carbocycles. The van der Waals surface area contributed by atoms with Crippen LogP contribution in [0.2, 0.25) is 0 Å². The molecule has 0 bridgehead atoms. The fourth-order valence-electron chi connectivity index (χ4n) is 16.8. The van der Waals surface area contributed by atoms with Gasteiger partial charge in [-0.05, 0) is 278 Å². The average molecular weight is 2180 g/mol. The number of aromatic carboxylic acids is 1. The molecule has 6 aliphatic rings. The van der Waals surface area contributed by atoms with Crippen molar-refractivity contribution in [3.8, 4) is 68.5 Å². The lowest BCUT2D eigenvalue weighted by atomic mass is 9.86. The second-order valence-corrected chi connectivity index (χ2v) is 40.5. The fourth-order valence-corrected chi connectivity index (χ4v) is 18.3. The van der Waals surface area contributed by atoms with Gasteiger partial charge >= 0.3 is 29.8 Å². The third-order valence-corrected chi connectivity index (χ3v) is 28.0. The predicted molar refractivity (Wildman–Crippen MR) is 561 cm³/mol. The van der Waals surface area contributed by atoms with Gasteiger partial charge < -0.3 is 100.0 Å². The van der Waals surface area contributed by atoms with Crippen LogP contribution in [0.4, 0.5) is 31.5 Å². The Bertz CT molecular complexity index is 6810. The van der Waals surface area contributed by atoms with E-state index < -0.39 is 73.7 Å². The predicted octanol–water partition coefficient (Wildman–Crippen LogP) is 15.8. The van der Waals surface area contributed by atoms with E-state index in [1.165, 1.54) is 119 Å². The highest BCUT2D eigenvalue weighted by molar-refractivity contribution is 14.1. The SMILES string of the molecule is CCOC(=O)/C=C/c1cc(C(=O)OC)cc(OC)c1N.COC(=O)c1cc(I)c(N)c(OC)c1.COC(=O)c1cc2c(c(OC)c1)NC(=O)CC2.COc1cc(C(=O)CCC(C)(O)c2cc3c(c(-c4ccc(F)cc4)n2)OCC3(C)N)cc2c1CC(=O)CC2.COc1cc(C(=O)CCC(C)(O)c2cc3c(c(-c4ccc(F)cc4)n2)OCC3(C)NS(=O)C(C)(C)C)cc2c1CC(=O)CC2.COc1cc(C(=O)O)cc2c1NC(=O)CC2. The number of nitrogens with two attached hydrogens (primary N) is 3. The Hall–Kier alpha value is -14.7. The maximum Gasteiger partial charge on any atom is 0.338 e. The van der Waals surface area contributed by atoms with Gasteiger partial charge in [-0.1, -0.05) is 0 Å². The van der Waals surface area contributed by atoms with E-state index in [4.69, 9.17) is 74.9 Å². The number of hydrogen-bond acceptors (Lipinski definition) is 31. The second-order valence-electron chi connectivity index (χ2n) is 37.4. The van der Waals surface area contributed by atoms with Crippen LogP contribution in [0.1, 0.15) is 230 Å². The molecule has 8 aromatic carbocycles. The summed E-state index contributed by atoms with van der Waals surface area (Å²) in [5, 5.41) is 37.6. The lowest BCUT2D eigenvalue weighted by Gasteiger charge is -2.30. The van der Waals surface area contributed by atoms with E-state index in [0.29, 0.717) is 206 Å². The number of amides is 2. The number of Topliss-reactive ketones (excluding diaryl/α,β-unsaturated/α-hetero) is 4. The first kappa shape index (κ1) is 115. The summed E-state index contributed by atoms with van der Waals surface area (Å²) in [5.41, 5.74) is 27.6. The molecule has 790 valence electrons. The monoisotopic (exact) mass is 2180 g/mol. The highest BCUT2D eigenvalue weighted by Crippen LogP contribution is 2.49. The molecule has 0 radical (unpaired) electrons. The number of methoxy groups -OCH3 is 9. The van der Waals surface area contributed by atoms with Gasteiger partial charge in [-0.2, -0.15) is 0 Å². The Kier molecular flexibility index (Phi) is 38.0. The summed E-state index contributed by atoms with van der Waals surface area (Å²) >= 11 is 2.04. The molecule has 4 aliphatic heterocycles. The van der Waals surface area contributed by atoms with Gasteiger partial charge in [0.2, 0.25) is 11.8 Å². The molecule has 6 heterocycles. The van der Waals surface area contributed by atoms with Crippen LogP contribution in [-0.2, 0) is 115 Å². The van der Waals surface area contributed by atoms with Crippen LogP contribution in [0.25, 0.3) is 28.6 Å². The molecule has 5 atom stereocenters. The van der Waals surface area contributed by atoms with E-state index >= 15 is 0 Å². The van der Waals surface area contributed by atoms with Gasteiger partial charge in [0, 0.05) is 111 Å². The van der Waals surface area contributed by atoms with Crippen molar-refractivity contribution in [2.24, 2.45) is 5.73 Å². The van der Waals surface area contributed by atoms with Crippen molar-refractivity contribution < 1.29 is 138 Å². The molecule has 12 N–H and O–H groups in total. The number of aliphatic hydroxyl groups is 2. The number of ether oxygens (including phenoxy) is 12. The molecule has 0 saturated carbocycles. The molecule has 149 heavy (non-hydrogen) atoms. The van der Waals surface area contributed by atoms with Crippen LogP contribution in [0.15, 0.2) is 140 Å². The van der Waals surface area contributed by atoms with Crippen LogP contribution in [-0.4, -0.2) is 183 Å². The van der Waals surface area contributed by atoms with Crippen LogP contribution >= 0.6 is 22.6 Å². The molecular formula is C110H121F2IN8O27S. The third-order valence-electron chi connectivity index (χ3n) is 25.3. The molecule has 39 heteroatoms. The Morgan fingerprint density at radius 1 is 0.503 bits per heavy atom. The van der Waals surface area contributed by atoms with Gasteiger partial charge in [0.25, 0.3) is 0 Å². The number of nitrogen functional groups attached to an aromatic ring is 2. The van der Waals surface area contributed by atoms with Crippen LogP contribution < -0.4 is 70.5 Å². The van der Waals surface area contributed by atoms with Crippen molar-refractivity contribution >= 4 is 127 Å². The van der Waals surface area contributed by atoms with Crippen molar-refractivity contribution in [1.82, 2.24) is 14.7 Å². The zero-order chi connectivity index (χ0) is 109. The van der Waals surface area contributed by atoms with Crippen LogP contribution in [0.5, 0.6) is 46.0 Å². The number of carboxylic acids is 1. The number of benzene rings is 8. The number of aromatic nitrogens is 2. The molecule has 16 rings (SSSR count). The zero-order valence-electron chi connectivity index (χ0n) is 85.7. The summed E-state index contributed by atoms with van der Waals surface area (Å²) < 4.78 is 106. The van der Waals surface area contributed by atoms with E-state index in [1.807, 2.05) is 69.3 Å². The number of ketones is 4. The summed E-state index contributed by atoms with van der Waals surface area (Å²) in [5.74, 6) is 0.00649. The zero-order valence-corrected chi connectivity index (χ0v) is 88.7. The molecule has 0 fully saturated rings. The van der Waals surface area contributed by atoms with Gasteiger partial charge in [-0.25, -0.2) is 51.7 Å². The maximum atomic E-state index is 13.8. The number of esters is 4. The van der Waals surface area contributed by atoms with E-state index in [1.54, 1.807) is 99.6 Å². The molecule has 0 saturated heterocycles. The largest absolute Gasteiger partial charge is 0.496 e. The number of carbonyl (C=O) groups excluding carboxylic acids is 10. The summed E-state index contributed by atoms with van der Waals surface area (Å²) in [4.78, 5) is 139. The number of fused-ring (bicyclic) bond motifs is 6. The lowest BCUT2D eigenvalue weighted by molar-refractivity contribution is -0.137. The van der Waals surface area contributed by atoms with Crippen molar-refractivity contribution in [1.29, 1.82) is 0 Å². The number of hydrogen-bond donors (Lipinski definition) is 9. The first-order chi connectivity index (χ1) is 70.5. The Morgan fingerprint density at radius 3 is 1.32 bits per heavy atom. The van der Waals surface area contributed by atoms with Crippen molar-refractivity contribution in [2.45, 2.75) is 172 Å². The van der Waals surface area contributed by atoms with Crippen LogP contribution in [0, 0.1) is 15.2 Å². The summed E-state index contributed by atoms with van der Waals surface area (Å²) in [7, 11) is 11.4. The first-order valence-electron chi connectivity index (χ1n) is 47.3. The Labute approximate surface area is 876 Å². The molecule has 5 unspecified atom stereocenters. The van der Waals surface area contributed by atoms with Crippen LogP contribution in [0.3, 0.4) is 0 Å². The molecule has 35 nitrogen and oxygen atoms in total. The number of carbonyl (C=O) groups is 11. The first-order valence-corrected chi connectivity index (χ1v) is 49.5. The normalized spacial score (nSPS) is 16.3. The summed E-state index contributed by atoms with van der Waals surface area (Å²) in [6.45, 7) is 15.0. The highest BCUT2D eigenvalue weighted by atomic mass is 127. The number of aryl methyl sites for hydroxylation is 4. The number of nitrogens with one attached hydrogen (secondary N) is 3. The van der Waals surface area contributed by atoms with E-state index in [-0.39, 0.29) is 97.4 Å². The third kappa shape index (κ3) is 28.1. The number of pyridine rings is 2. The Morgan fingerprint density at radius 2 is 0.886 bits per heavy atom. The van der Waals surface area contributed by atoms with E-state index in [0.717, 1.165) is 37.0 Å². The molecular weight excluding hydrogens is 2060 g/mol. The number of anilines is 4. The van der Waals surface area contributed by atoms with Gasteiger partial charge in [0.05, 0.1) is 154 Å². The lowest BCUT2D eigenvalue weighted by Crippen LogP contribution is -2.47. The van der Waals surface area contributed by atoms with Gasteiger partial charge in [-0.15, -0.1) is 0 Å². The van der Waals surface area contributed by atoms with E-state index in [9.17, 15) is 75.9 Å². The number of carboxylic acid groups (broad SMARTS) is 1. The van der Waals surface area contributed by atoms with E-state index in [2.05, 4.69) is 29.6 Å². The van der Waals surface area contributed by atoms with Crippen molar-refractivity contribution in [3.63, 3.8) is 0 Å². The topological polar surface area (TPSA) is 516 Å². The minimum atomic E-state index is -1.53. The molecule has 2 amide bonds. The van der Waals surface area contributed by atoms with Crippen molar-refractivity contribution in [2.75, 3.05) is 106 Å². The second kappa shape index (κ2) is 49.4. The highest BCUT2D eigenvalue weighted by Gasteiger charge is 2.45. The number of halogens is 3. The minimum Gasteiger partial charge on any atom is -0.496 e. The molecule has 0 spiro atoms. The average Bonchev–Trinajstić information content (AvgIpc) is 1.59. The molecule has 2 aromatic heterocycles. The Balaban J connectivity index is 0.000000180. The molecule has 10 aromatic rings. The van der Waals surface area contributed by atoms with Crippen molar-refractivity contribution in [3.05, 3.63) is 250 Å².